The Kier molecular flexibility index (Phi) is 9.98. The third-order valence-electron chi connectivity index (χ3n) is 3.21. The molecule has 124 valence electrons. The van der Waals surface area contributed by atoms with Gasteiger partial charge in [0.05, 0.1) is 5.69 Å². The first-order valence-electron chi connectivity index (χ1n) is 6.84. The van der Waals surface area contributed by atoms with Gasteiger partial charge in [-0.05, 0) is 31.0 Å². The largest absolute Gasteiger partial charge is 0.369 e. The molecule has 0 atom stereocenters. The monoisotopic (exact) mass is 365 g/mol. The van der Waals surface area contributed by atoms with Crippen molar-refractivity contribution in [1.82, 2.24) is 4.90 Å². The summed E-state index contributed by atoms with van der Waals surface area (Å²) in [6.45, 7) is 1.86. The lowest BCUT2D eigenvalue weighted by molar-refractivity contribution is 0.431. The second-order valence-corrected chi connectivity index (χ2v) is 5.26. The van der Waals surface area contributed by atoms with Gasteiger partial charge in [0.2, 0.25) is 5.96 Å². The molecule has 0 bridgehead atoms. The Bertz CT molecular complexity index is 511. The Morgan fingerprint density at radius 3 is 2.27 bits per heavy atom. The maximum atomic E-state index is 5.99. The third kappa shape index (κ3) is 6.73. The fourth-order valence-corrected chi connectivity index (χ4v) is 2.38. The minimum Gasteiger partial charge on any atom is -0.369 e. The van der Waals surface area contributed by atoms with E-state index in [0.717, 1.165) is 25.9 Å². The Morgan fingerprint density at radius 2 is 1.68 bits per heavy atom. The van der Waals surface area contributed by atoms with Crippen molar-refractivity contribution in [2.45, 2.75) is 25.7 Å². The predicted octanol–water partition coefficient (Wildman–Crippen LogP) is 3.32. The van der Waals surface area contributed by atoms with Crippen LogP contribution in [-0.4, -0.2) is 29.9 Å². The van der Waals surface area contributed by atoms with Gasteiger partial charge in [-0.25, -0.2) is 4.99 Å². The first-order valence-corrected chi connectivity index (χ1v) is 7.22. The number of hydrogen-bond acceptors (Lipinski definition) is 1. The average Bonchev–Trinajstić information content (AvgIpc) is 2.67. The summed E-state index contributed by atoms with van der Waals surface area (Å²) in [5, 5.41) is 0.614. The maximum absolute atomic E-state index is 5.99. The standard InChI is InChI=1S/C14H20ClN5.2ClH/c15-11-6-5-7-12(10-11)18-13(16)19-14(17)20-8-3-1-2-4-9-20;;/h5-7,10H,1-4,8-9H2,(H4,16,17,18,19);2*1H. The summed E-state index contributed by atoms with van der Waals surface area (Å²) in [7, 11) is 0. The van der Waals surface area contributed by atoms with Crippen molar-refractivity contribution in [3.8, 4) is 0 Å². The Labute approximate surface area is 148 Å². The van der Waals surface area contributed by atoms with Gasteiger partial charge in [0.15, 0.2) is 5.96 Å². The topological polar surface area (TPSA) is 80.0 Å². The van der Waals surface area contributed by atoms with Crippen molar-refractivity contribution >= 4 is 54.0 Å². The fourth-order valence-electron chi connectivity index (χ4n) is 2.19. The van der Waals surface area contributed by atoms with Gasteiger partial charge in [-0.3, -0.25) is 0 Å². The van der Waals surface area contributed by atoms with Crippen LogP contribution in [0.3, 0.4) is 0 Å². The molecule has 1 aliphatic heterocycles. The van der Waals surface area contributed by atoms with Crippen LogP contribution >= 0.6 is 36.4 Å². The van der Waals surface area contributed by atoms with Crippen molar-refractivity contribution in [2.24, 2.45) is 21.5 Å². The molecule has 1 fully saturated rings. The summed E-state index contributed by atoms with van der Waals surface area (Å²) in [4.78, 5) is 10.4. The van der Waals surface area contributed by atoms with E-state index >= 15 is 0 Å². The fraction of sp³-hybridized carbons (Fsp3) is 0.429. The summed E-state index contributed by atoms with van der Waals surface area (Å²) >= 11 is 5.90. The third-order valence-corrected chi connectivity index (χ3v) is 3.45. The smallest absolute Gasteiger partial charge is 0.223 e. The van der Waals surface area contributed by atoms with E-state index in [1.807, 2.05) is 12.1 Å². The van der Waals surface area contributed by atoms with Crippen LogP contribution < -0.4 is 11.5 Å². The van der Waals surface area contributed by atoms with Crippen molar-refractivity contribution in [3.63, 3.8) is 0 Å². The molecule has 1 aromatic carbocycles. The number of rotatable bonds is 1. The summed E-state index contributed by atoms with van der Waals surface area (Å²) < 4.78 is 0. The van der Waals surface area contributed by atoms with Gasteiger partial charge >= 0.3 is 0 Å². The zero-order valence-electron chi connectivity index (χ0n) is 12.2. The first-order chi connectivity index (χ1) is 9.65. The maximum Gasteiger partial charge on any atom is 0.223 e. The van der Waals surface area contributed by atoms with Gasteiger partial charge in [-0.15, -0.1) is 24.8 Å². The number of nitrogens with two attached hydrogens (primary N) is 2. The summed E-state index contributed by atoms with van der Waals surface area (Å²) in [6.07, 6.45) is 4.77. The summed E-state index contributed by atoms with van der Waals surface area (Å²) in [6, 6.07) is 7.14. The van der Waals surface area contributed by atoms with Crippen LogP contribution in [0.25, 0.3) is 0 Å². The van der Waals surface area contributed by atoms with Crippen molar-refractivity contribution < 1.29 is 0 Å². The molecular weight excluding hydrogens is 345 g/mol. The lowest BCUT2D eigenvalue weighted by Gasteiger charge is -2.20. The molecule has 1 aliphatic rings. The molecule has 1 heterocycles. The molecule has 4 N–H and O–H groups in total. The van der Waals surface area contributed by atoms with Crippen LogP contribution in [0.2, 0.25) is 5.02 Å². The lowest BCUT2D eigenvalue weighted by Crippen LogP contribution is -2.39. The van der Waals surface area contributed by atoms with Crippen LogP contribution in [0.4, 0.5) is 5.69 Å². The van der Waals surface area contributed by atoms with Crippen LogP contribution in [0.15, 0.2) is 34.3 Å². The molecule has 0 saturated carbocycles. The van der Waals surface area contributed by atoms with Crippen LogP contribution in [0.5, 0.6) is 0 Å². The molecule has 22 heavy (non-hydrogen) atoms. The highest BCUT2D eigenvalue weighted by atomic mass is 35.5. The van der Waals surface area contributed by atoms with Gasteiger partial charge < -0.3 is 16.4 Å². The SMILES string of the molecule is Cl.Cl.NC(=Nc1cccc(Cl)c1)/N=C(\N)N1CCCCCC1. The highest BCUT2D eigenvalue weighted by Gasteiger charge is 2.11. The molecule has 1 aromatic rings. The molecule has 0 amide bonds. The first kappa shape index (κ1) is 20.8. The van der Waals surface area contributed by atoms with E-state index in [9.17, 15) is 0 Å². The van der Waals surface area contributed by atoms with Gasteiger partial charge in [-0.1, -0.05) is 30.5 Å². The predicted molar refractivity (Wildman–Crippen MR) is 98.9 cm³/mol. The van der Waals surface area contributed by atoms with E-state index in [1.165, 1.54) is 12.8 Å². The highest BCUT2D eigenvalue weighted by Crippen LogP contribution is 2.17. The molecule has 0 spiro atoms. The van der Waals surface area contributed by atoms with Gasteiger partial charge in [0.25, 0.3) is 0 Å². The molecule has 8 heteroatoms. The van der Waals surface area contributed by atoms with E-state index in [2.05, 4.69) is 14.9 Å². The Morgan fingerprint density at radius 1 is 1.05 bits per heavy atom. The minimum atomic E-state index is 0. The minimum absolute atomic E-state index is 0. The lowest BCUT2D eigenvalue weighted by atomic mass is 10.2. The average molecular weight is 367 g/mol. The number of halogens is 3. The zero-order valence-corrected chi connectivity index (χ0v) is 14.6. The Hall–Kier alpha value is -1.17. The molecule has 1 saturated heterocycles. The van der Waals surface area contributed by atoms with Gasteiger partial charge in [0.1, 0.15) is 0 Å². The number of guanidine groups is 2. The van der Waals surface area contributed by atoms with Crippen LogP contribution in [0.1, 0.15) is 25.7 Å². The van der Waals surface area contributed by atoms with E-state index in [-0.39, 0.29) is 30.8 Å². The van der Waals surface area contributed by atoms with Gasteiger partial charge in [0, 0.05) is 18.1 Å². The Balaban J connectivity index is 0.00000220. The second-order valence-electron chi connectivity index (χ2n) is 4.82. The van der Waals surface area contributed by atoms with E-state index < -0.39 is 0 Å². The van der Waals surface area contributed by atoms with E-state index in [4.69, 9.17) is 23.1 Å². The molecule has 5 nitrogen and oxygen atoms in total. The number of benzene rings is 1. The molecule has 2 rings (SSSR count). The number of likely N-dealkylation sites (tertiary alicyclic amines) is 1. The molecule has 0 unspecified atom stereocenters. The number of hydrogen-bond donors (Lipinski definition) is 2. The molecule has 0 radical (unpaired) electrons. The summed E-state index contributed by atoms with van der Waals surface area (Å²) in [5.74, 6) is 0.587. The summed E-state index contributed by atoms with van der Waals surface area (Å²) in [5.41, 5.74) is 12.5. The van der Waals surface area contributed by atoms with Crippen molar-refractivity contribution in [2.75, 3.05) is 13.1 Å². The number of aliphatic imine (C=N–C) groups is 2. The van der Waals surface area contributed by atoms with Crippen LogP contribution in [0, 0.1) is 0 Å². The quantitative estimate of drug-likeness (QED) is 0.591. The second kappa shape index (κ2) is 10.5. The zero-order chi connectivity index (χ0) is 14.4. The molecular formula is C14H22Cl3N5. The molecule has 0 aromatic heterocycles. The van der Waals surface area contributed by atoms with Crippen molar-refractivity contribution in [3.05, 3.63) is 29.3 Å². The normalized spacial score (nSPS) is 16.3. The number of nitrogens with zero attached hydrogens (tertiary/aromatic N) is 3. The van der Waals surface area contributed by atoms with Crippen molar-refractivity contribution in [1.29, 1.82) is 0 Å². The van der Waals surface area contributed by atoms with Gasteiger partial charge in [-0.2, -0.15) is 4.99 Å². The van der Waals surface area contributed by atoms with E-state index in [1.54, 1.807) is 12.1 Å². The highest BCUT2D eigenvalue weighted by molar-refractivity contribution is 6.30. The van der Waals surface area contributed by atoms with E-state index in [0.29, 0.717) is 16.7 Å². The van der Waals surface area contributed by atoms with Crippen LogP contribution in [-0.2, 0) is 0 Å². The molecule has 0 aliphatic carbocycles.